The molecule has 1 atom stereocenters. The zero-order valence-corrected chi connectivity index (χ0v) is 16.7. The molecule has 0 spiro atoms. The van der Waals surface area contributed by atoms with E-state index in [1.165, 1.54) is 11.1 Å². The molecule has 0 N–H and O–H groups in total. The van der Waals surface area contributed by atoms with E-state index in [1.807, 2.05) is 60.4 Å². The van der Waals surface area contributed by atoms with Gasteiger partial charge in [-0.2, -0.15) is 0 Å². The maximum atomic E-state index is 13.1. The third-order valence-electron chi connectivity index (χ3n) is 5.45. The lowest BCUT2D eigenvalue weighted by Gasteiger charge is -2.22. The van der Waals surface area contributed by atoms with Gasteiger partial charge < -0.3 is 9.64 Å². The monoisotopic (exact) mass is 386 g/mol. The molecule has 4 nitrogen and oxygen atoms in total. The summed E-state index contributed by atoms with van der Waals surface area (Å²) in [5.74, 6) is 0.857. The second-order valence-electron chi connectivity index (χ2n) is 7.62. The van der Waals surface area contributed by atoms with Crippen molar-refractivity contribution in [1.82, 2.24) is 9.88 Å². The van der Waals surface area contributed by atoms with Gasteiger partial charge in [-0.3, -0.25) is 4.79 Å². The number of aryl methyl sites for hydroxylation is 1. The van der Waals surface area contributed by atoms with Gasteiger partial charge in [0.25, 0.3) is 0 Å². The van der Waals surface area contributed by atoms with Gasteiger partial charge in [0.2, 0.25) is 11.8 Å². The number of hydrogen-bond donors (Lipinski definition) is 0. The van der Waals surface area contributed by atoms with Crippen LogP contribution < -0.4 is 4.74 Å². The highest BCUT2D eigenvalue weighted by atomic mass is 16.5. The second kappa shape index (κ2) is 8.91. The minimum Gasteiger partial charge on any atom is -0.472 e. The van der Waals surface area contributed by atoms with Gasteiger partial charge in [0, 0.05) is 37.6 Å². The van der Waals surface area contributed by atoms with Crippen molar-refractivity contribution in [2.24, 2.45) is 0 Å². The molecule has 1 aliphatic rings. The average Bonchev–Trinajstić information content (AvgIpc) is 3.23. The number of amides is 1. The molecule has 29 heavy (non-hydrogen) atoms. The number of nitrogens with zero attached hydrogens (tertiary/aromatic N) is 2. The van der Waals surface area contributed by atoms with E-state index in [9.17, 15) is 4.79 Å². The van der Waals surface area contributed by atoms with Crippen molar-refractivity contribution in [2.45, 2.75) is 31.8 Å². The number of carbonyl (C=O) groups excluding carboxylic acids is 1. The molecule has 2 aromatic carbocycles. The Bertz CT molecular complexity index is 887. The smallest absolute Gasteiger partial charge is 0.223 e. The quantitative estimate of drug-likeness (QED) is 0.622. The highest BCUT2D eigenvalue weighted by molar-refractivity contribution is 5.78. The summed E-state index contributed by atoms with van der Waals surface area (Å²) >= 11 is 0. The van der Waals surface area contributed by atoms with Crippen molar-refractivity contribution in [2.75, 3.05) is 13.1 Å². The topological polar surface area (TPSA) is 42.4 Å². The Hall–Kier alpha value is -3.14. The molecule has 1 unspecified atom stereocenters. The average molecular weight is 386 g/mol. The van der Waals surface area contributed by atoms with E-state index in [0.717, 1.165) is 18.5 Å². The van der Waals surface area contributed by atoms with E-state index >= 15 is 0 Å². The van der Waals surface area contributed by atoms with Crippen LogP contribution in [0.2, 0.25) is 0 Å². The van der Waals surface area contributed by atoms with Gasteiger partial charge >= 0.3 is 0 Å². The second-order valence-corrected chi connectivity index (χ2v) is 7.62. The van der Waals surface area contributed by atoms with E-state index in [1.54, 1.807) is 6.20 Å². The molecule has 0 bridgehead atoms. The van der Waals surface area contributed by atoms with Gasteiger partial charge in [0.15, 0.2) is 0 Å². The summed E-state index contributed by atoms with van der Waals surface area (Å²) < 4.78 is 5.98. The molecule has 148 valence electrons. The summed E-state index contributed by atoms with van der Waals surface area (Å²) in [6.45, 7) is 3.35. The first kappa shape index (κ1) is 19.2. The summed E-state index contributed by atoms with van der Waals surface area (Å²) in [4.78, 5) is 19.3. The number of rotatable bonds is 6. The minimum absolute atomic E-state index is 0.000978. The van der Waals surface area contributed by atoms with Gasteiger partial charge in [-0.05, 0) is 23.6 Å². The zero-order chi connectivity index (χ0) is 20.1. The molecular weight excluding hydrogens is 360 g/mol. The van der Waals surface area contributed by atoms with Crippen LogP contribution in [0, 0.1) is 6.92 Å². The number of ether oxygens (including phenoxy) is 1. The zero-order valence-electron chi connectivity index (χ0n) is 16.7. The van der Waals surface area contributed by atoms with Crippen molar-refractivity contribution in [3.8, 4) is 5.88 Å². The Kier molecular flexibility index (Phi) is 5.89. The normalized spacial score (nSPS) is 16.2. The number of pyridine rings is 1. The molecule has 1 aliphatic heterocycles. The van der Waals surface area contributed by atoms with Crippen molar-refractivity contribution in [3.05, 3.63) is 95.7 Å². The molecule has 3 aromatic rings. The summed E-state index contributed by atoms with van der Waals surface area (Å²) in [7, 11) is 0. The van der Waals surface area contributed by atoms with Crippen LogP contribution in [0.1, 0.15) is 35.4 Å². The molecule has 1 aromatic heterocycles. The van der Waals surface area contributed by atoms with Gasteiger partial charge in [0.05, 0.1) is 6.54 Å². The molecule has 1 amide bonds. The van der Waals surface area contributed by atoms with E-state index in [4.69, 9.17) is 4.74 Å². The third-order valence-corrected chi connectivity index (χ3v) is 5.45. The lowest BCUT2D eigenvalue weighted by Crippen LogP contribution is -2.32. The number of likely N-dealkylation sites (tertiary alicyclic amines) is 1. The predicted molar refractivity (Wildman–Crippen MR) is 114 cm³/mol. The molecule has 0 radical (unpaired) electrons. The Morgan fingerprint density at radius 2 is 1.69 bits per heavy atom. The largest absolute Gasteiger partial charge is 0.472 e. The number of benzene rings is 2. The van der Waals surface area contributed by atoms with Crippen LogP contribution in [0.25, 0.3) is 0 Å². The highest BCUT2D eigenvalue weighted by Crippen LogP contribution is 2.29. The Balaban J connectivity index is 1.42. The fourth-order valence-electron chi connectivity index (χ4n) is 3.85. The first-order valence-electron chi connectivity index (χ1n) is 10.2. The van der Waals surface area contributed by atoms with Gasteiger partial charge in [-0.15, -0.1) is 0 Å². The molecule has 4 heteroatoms. The summed E-state index contributed by atoms with van der Waals surface area (Å²) in [6, 6.07) is 24.4. The van der Waals surface area contributed by atoms with Crippen molar-refractivity contribution in [3.63, 3.8) is 0 Å². The van der Waals surface area contributed by atoms with Gasteiger partial charge in [-0.25, -0.2) is 4.98 Å². The predicted octanol–water partition coefficient (Wildman–Crippen LogP) is 4.59. The maximum absolute atomic E-state index is 13.1. The van der Waals surface area contributed by atoms with Crippen LogP contribution in [0.5, 0.6) is 5.88 Å². The van der Waals surface area contributed by atoms with Crippen LogP contribution in [0.3, 0.4) is 0 Å². The number of aromatic nitrogens is 1. The van der Waals surface area contributed by atoms with Crippen LogP contribution in [0.4, 0.5) is 0 Å². The highest BCUT2D eigenvalue weighted by Gasteiger charge is 2.30. The van der Waals surface area contributed by atoms with E-state index < -0.39 is 0 Å². The SMILES string of the molecule is Cc1ccc(OC2CCN(C(=O)CC(c3ccccc3)c3ccccc3)C2)nc1. The first-order valence-corrected chi connectivity index (χ1v) is 10.2. The van der Waals surface area contributed by atoms with Crippen molar-refractivity contribution >= 4 is 5.91 Å². The van der Waals surface area contributed by atoms with Crippen molar-refractivity contribution in [1.29, 1.82) is 0 Å². The molecule has 2 heterocycles. The fraction of sp³-hybridized carbons (Fsp3) is 0.280. The van der Waals surface area contributed by atoms with Crippen LogP contribution in [-0.4, -0.2) is 35.0 Å². The summed E-state index contributed by atoms with van der Waals surface area (Å²) in [6.07, 6.45) is 3.10. The van der Waals surface area contributed by atoms with Crippen LogP contribution in [0.15, 0.2) is 79.0 Å². The lowest BCUT2D eigenvalue weighted by molar-refractivity contribution is -0.130. The molecular formula is C25H26N2O2. The molecule has 4 rings (SSSR count). The van der Waals surface area contributed by atoms with Crippen molar-refractivity contribution < 1.29 is 9.53 Å². The van der Waals surface area contributed by atoms with Gasteiger partial charge in [-0.1, -0.05) is 66.7 Å². The Morgan fingerprint density at radius 3 is 2.28 bits per heavy atom. The fourth-order valence-corrected chi connectivity index (χ4v) is 3.85. The van der Waals surface area contributed by atoms with E-state index in [-0.39, 0.29) is 17.9 Å². The Morgan fingerprint density at radius 1 is 1.03 bits per heavy atom. The summed E-state index contributed by atoms with van der Waals surface area (Å²) in [5, 5.41) is 0. The van der Waals surface area contributed by atoms with Gasteiger partial charge in [0.1, 0.15) is 6.10 Å². The molecule has 0 aliphatic carbocycles. The third kappa shape index (κ3) is 4.83. The Labute approximate surface area is 172 Å². The molecule has 1 saturated heterocycles. The first-order chi connectivity index (χ1) is 14.2. The van der Waals surface area contributed by atoms with Crippen LogP contribution in [-0.2, 0) is 4.79 Å². The standard InChI is InChI=1S/C25H26N2O2/c1-19-12-13-24(26-17-19)29-22-14-15-27(18-22)25(28)16-23(20-8-4-2-5-9-20)21-10-6-3-7-11-21/h2-13,17,22-23H,14-16,18H2,1H3. The number of carbonyl (C=O) groups is 1. The van der Waals surface area contributed by atoms with E-state index in [0.29, 0.717) is 18.8 Å². The maximum Gasteiger partial charge on any atom is 0.223 e. The van der Waals surface area contributed by atoms with Crippen LogP contribution >= 0.6 is 0 Å². The minimum atomic E-state index is 0.000978. The molecule has 0 saturated carbocycles. The lowest BCUT2D eigenvalue weighted by atomic mass is 9.88. The van der Waals surface area contributed by atoms with E-state index in [2.05, 4.69) is 29.2 Å². The molecule has 1 fully saturated rings. The number of hydrogen-bond acceptors (Lipinski definition) is 3. The summed E-state index contributed by atoms with van der Waals surface area (Å²) in [5.41, 5.74) is 3.44.